The summed E-state index contributed by atoms with van der Waals surface area (Å²) in [5.41, 5.74) is 6.41. The number of carbonyl (C=O) groups is 1. The van der Waals surface area contributed by atoms with Gasteiger partial charge in [-0.15, -0.1) is 0 Å². The Morgan fingerprint density at radius 3 is 2.54 bits per heavy atom. The number of nitrogens with two attached hydrogens (primary N) is 1. The molecule has 1 aromatic rings. The largest absolute Gasteiger partial charge is 0.327 e. The Bertz CT molecular complexity index is 308. The summed E-state index contributed by atoms with van der Waals surface area (Å²) in [6, 6.07) is -0.0979. The number of rotatable bonds is 3. The van der Waals surface area contributed by atoms with Crippen LogP contribution in [0.4, 0.5) is 0 Å². The molecule has 2 unspecified atom stereocenters. The molecule has 1 aromatic heterocycles. The Hall–Kier alpha value is -0.190. The molecule has 2 N–H and O–H groups in total. The lowest BCUT2D eigenvalue weighted by atomic mass is 9.96. The average molecular weight is 262 g/mol. The van der Waals surface area contributed by atoms with E-state index in [1.54, 1.807) is 0 Å². The van der Waals surface area contributed by atoms with Crippen LogP contribution in [0.1, 0.15) is 24.2 Å². The molecule has 4 heteroatoms. The molecule has 0 radical (unpaired) electrons. The van der Waals surface area contributed by atoms with Gasteiger partial charge in [0.2, 0.25) is 0 Å². The first-order valence-electron chi connectivity index (χ1n) is 4.05. The molecule has 1 heterocycles. The number of halogens is 1. The average Bonchev–Trinajstić information content (AvgIpc) is 2.48. The van der Waals surface area contributed by atoms with Crippen LogP contribution in [0.2, 0.25) is 0 Å². The van der Waals surface area contributed by atoms with Gasteiger partial charge in [0, 0.05) is 32.8 Å². The van der Waals surface area contributed by atoms with Gasteiger partial charge in [-0.05, 0) is 22.9 Å². The molecular formula is C9H12BrNOS. The Labute approximate surface area is 90.3 Å². The van der Waals surface area contributed by atoms with E-state index in [4.69, 9.17) is 5.73 Å². The van der Waals surface area contributed by atoms with Gasteiger partial charge < -0.3 is 5.73 Å². The van der Waals surface area contributed by atoms with Crippen molar-refractivity contribution in [3.8, 4) is 0 Å². The first-order chi connectivity index (χ1) is 6.04. The topological polar surface area (TPSA) is 43.1 Å². The monoisotopic (exact) mass is 261 g/mol. The first-order valence-corrected chi connectivity index (χ1v) is 5.79. The number of thiophene rings is 1. The lowest BCUT2D eigenvalue weighted by molar-refractivity contribution is 0.0917. The van der Waals surface area contributed by atoms with E-state index >= 15 is 0 Å². The van der Waals surface area contributed by atoms with Gasteiger partial charge in [0.1, 0.15) is 0 Å². The highest BCUT2D eigenvalue weighted by Gasteiger charge is 2.20. The Morgan fingerprint density at radius 2 is 2.15 bits per heavy atom. The van der Waals surface area contributed by atoms with E-state index in [1.165, 1.54) is 11.3 Å². The summed E-state index contributed by atoms with van der Waals surface area (Å²) in [4.78, 5) is 11.8. The second-order valence-corrected chi connectivity index (χ2v) is 4.74. The number of ketones is 1. The fraction of sp³-hybridized carbons (Fsp3) is 0.444. The Morgan fingerprint density at radius 1 is 1.54 bits per heavy atom. The second-order valence-electron chi connectivity index (χ2n) is 3.15. The molecule has 1 rings (SSSR count). The van der Waals surface area contributed by atoms with Crippen molar-refractivity contribution in [3.05, 3.63) is 20.8 Å². The zero-order chi connectivity index (χ0) is 10.0. The smallest absolute Gasteiger partial charge is 0.169 e. The maximum Gasteiger partial charge on any atom is 0.169 e. The highest BCUT2D eigenvalue weighted by Crippen LogP contribution is 2.24. The number of carbonyl (C=O) groups excluding carboxylic acids is 1. The predicted octanol–water partition coefficient (Wildman–Crippen LogP) is 2.68. The van der Waals surface area contributed by atoms with Gasteiger partial charge in [0.25, 0.3) is 0 Å². The van der Waals surface area contributed by atoms with Crippen LogP contribution in [0.15, 0.2) is 15.2 Å². The highest BCUT2D eigenvalue weighted by molar-refractivity contribution is 9.10. The third kappa shape index (κ3) is 2.39. The van der Waals surface area contributed by atoms with Gasteiger partial charge in [-0.3, -0.25) is 4.79 Å². The molecule has 0 saturated carbocycles. The molecule has 72 valence electrons. The van der Waals surface area contributed by atoms with Crippen molar-refractivity contribution in [2.45, 2.75) is 19.9 Å². The third-order valence-electron chi connectivity index (χ3n) is 2.08. The molecule has 0 aliphatic heterocycles. The summed E-state index contributed by atoms with van der Waals surface area (Å²) >= 11 is 4.85. The van der Waals surface area contributed by atoms with Crippen molar-refractivity contribution in [1.82, 2.24) is 0 Å². The van der Waals surface area contributed by atoms with Crippen LogP contribution < -0.4 is 5.73 Å². The van der Waals surface area contributed by atoms with Gasteiger partial charge in [0.05, 0.1) is 0 Å². The summed E-state index contributed by atoms with van der Waals surface area (Å²) in [5.74, 6) is -0.00553. The van der Waals surface area contributed by atoms with Crippen LogP contribution in [0.3, 0.4) is 0 Å². The highest BCUT2D eigenvalue weighted by atomic mass is 79.9. The molecule has 0 amide bonds. The number of hydrogen-bond donors (Lipinski definition) is 1. The van der Waals surface area contributed by atoms with E-state index < -0.39 is 0 Å². The van der Waals surface area contributed by atoms with E-state index in [-0.39, 0.29) is 17.7 Å². The molecule has 0 saturated heterocycles. The van der Waals surface area contributed by atoms with Crippen LogP contribution in [0, 0.1) is 5.92 Å². The van der Waals surface area contributed by atoms with Gasteiger partial charge in [0.15, 0.2) is 5.78 Å². The molecule has 0 aromatic carbocycles. The summed E-state index contributed by atoms with van der Waals surface area (Å²) in [5, 5.41) is 3.76. The van der Waals surface area contributed by atoms with E-state index in [0.29, 0.717) is 0 Å². The standard InChI is InChI=1S/C9H12BrNOS/c1-5(6(2)11)9(12)7-3-13-4-8(7)10/h3-6H,11H2,1-2H3. The predicted molar refractivity (Wildman–Crippen MR) is 59.2 cm³/mol. The fourth-order valence-electron chi connectivity index (χ4n) is 0.941. The minimum Gasteiger partial charge on any atom is -0.327 e. The lowest BCUT2D eigenvalue weighted by Gasteiger charge is -2.13. The van der Waals surface area contributed by atoms with E-state index in [2.05, 4.69) is 15.9 Å². The fourth-order valence-corrected chi connectivity index (χ4v) is 2.42. The van der Waals surface area contributed by atoms with Gasteiger partial charge in [-0.25, -0.2) is 0 Å². The molecule has 0 spiro atoms. The quantitative estimate of drug-likeness (QED) is 0.851. The zero-order valence-corrected chi connectivity index (χ0v) is 9.98. The Balaban J connectivity index is 2.86. The molecule has 0 bridgehead atoms. The minimum atomic E-state index is -0.120. The third-order valence-corrected chi connectivity index (χ3v) is 3.79. The van der Waals surface area contributed by atoms with E-state index in [1.807, 2.05) is 24.6 Å². The van der Waals surface area contributed by atoms with E-state index in [9.17, 15) is 4.79 Å². The zero-order valence-electron chi connectivity index (χ0n) is 7.58. The van der Waals surface area contributed by atoms with Crippen molar-refractivity contribution < 1.29 is 4.79 Å². The van der Waals surface area contributed by atoms with E-state index in [0.717, 1.165) is 10.0 Å². The number of Topliss-reactive ketones (excluding diaryl/α,β-unsaturated/α-hetero) is 1. The minimum absolute atomic E-state index is 0.0979. The number of hydrogen-bond acceptors (Lipinski definition) is 3. The SMILES string of the molecule is CC(N)C(C)C(=O)c1cscc1Br. The van der Waals surface area contributed by atoms with Crippen molar-refractivity contribution in [3.63, 3.8) is 0 Å². The molecular weight excluding hydrogens is 250 g/mol. The van der Waals surface area contributed by atoms with Gasteiger partial charge >= 0.3 is 0 Å². The van der Waals surface area contributed by atoms with Crippen molar-refractivity contribution in [2.24, 2.45) is 11.7 Å². The van der Waals surface area contributed by atoms with Crippen LogP contribution in [0.25, 0.3) is 0 Å². The maximum atomic E-state index is 11.8. The Kier molecular flexibility index (Phi) is 3.64. The second kappa shape index (κ2) is 4.35. The van der Waals surface area contributed by atoms with Gasteiger partial charge in [-0.2, -0.15) is 11.3 Å². The van der Waals surface area contributed by atoms with Crippen molar-refractivity contribution in [1.29, 1.82) is 0 Å². The molecule has 2 nitrogen and oxygen atoms in total. The van der Waals surface area contributed by atoms with Crippen LogP contribution in [-0.2, 0) is 0 Å². The van der Waals surface area contributed by atoms with Crippen molar-refractivity contribution >= 4 is 33.0 Å². The normalized spacial score (nSPS) is 15.4. The van der Waals surface area contributed by atoms with Crippen LogP contribution in [0.5, 0.6) is 0 Å². The summed E-state index contributed by atoms with van der Waals surface area (Å²) in [6.45, 7) is 3.71. The molecule has 0 aliphatic rings. The summed E-state index contributed by atoms with van der Waals surface area (Å²) in [7, 11) is 0. The maximum absolute atomic E-state index is 11.8. The molecule has 2 atom stereocenters. The van der Waals surface area contributed by atoms with Gasteiger partial charge in [-0.1, -0.05) is 6.92 Å². The summed E-state index contributed by atoms with van der Waals surface area (Å²) in [6.07, 6.45) is 0. The molecule has 0 aliphatic carbocycles. The van der Waals surface area contributed by atoms with Crippen LogP contribution in [-0.4, -0.2) is 11.8 Å². The van der Waals surface area contributed by atoms with Crippen molar-refractivity contribution in [2.75, 3.05) is 0 Å². The van der Waals surface area contributed by atoms with Crippen LogP contribution >= 0.6 is 27.3 Å². The molecule has 0 fully saturated rings. The first kappa shape index (κ1) is 10.9. The lowest BCUT2D eigenvalue weighted by Crippen LogP contribution is -2.30. The molecule has 13 heavy (non-hydrogen) atoms. The summed E-state index contributed by atoms with van der Waals surface area (Å²) < 4.78 is 0.870.